The SMILES string of the molecule is CCC(CCO)NC(=O)c1cc2cccc(F)c2o1. The molecule has 0 bridgehead atoms. The maximum absolute atomic E-state index is 13.5. The van der Waals surface area contributed by atoms with Gasteiger partial charge in [0.1, 0.15) is 0 Å². The van der Waals surface area contributed by atoms with E-state index in [1.807, 2.05) is 6.92 Å². The summed E-state index contributed by atoms with van der Waals surface area (Å²) in [6.07, 6.45) is 1.19. The van der Waals surface area contributed by atoms with Gasteiger partial charge in [-0.05, 0) is 25.0 Å². The van der Waals surface area contributed by atoms with Crippen molar-refractivity contribution in [3.63, 3.8) is 0 Å². The Kier molecular flexibility index (Phi) is 4.16. The molecule has 0 aliphatic carbocycles. The fraction of sp³-hybridized carbons (Fsp3) is 0.357. The molecule has 0 radical (unpaired) electrons. The van der Waals surface area contributed by atoms with Crippen molar-refractivity contribution in [2.45, 2.75) is 25.8 Å². The van der Waals surface area contributed by atoms with E-state index in [-0.39, 0.29) is 24.0 Å². The molecule has 0 saturated heterocycles. The van der Waals surface area contributed by atoms with Gasteiger partial charge in [0.25, 0.3) is 5.91 Å². The number of aliphatic hydroxyl groups is 1. The van der Waals surface area contributed by atoms with Gasteiger partial charge in [-0.15, -0.1) is 0 Å². The van der Waals surface area contributed by atoms with Gasteiger partial charge in [-0.1, -0.05) is 19.1 Å². The van der Waals surface area contributed by atoms with Crippen molar-refractivity contribution in [1.82, 2.24) is 5.32 Å². The molecule has 19 heavy (non-hydrogen) atoms. The van der Waals surface area contributed by atoms with Gasteiger partial charge in [-0.3, -0.25) is 4.79 Å². The number of benzene rings is 1. The smallest absolute Gasteiger partial charge is 0.287 e. The molecular formula is C14H16FNO3. The lowest BCUT2D eigenvalue weighted by molar-refractivity contribution is 0.0903. The van der Waals surface area contributed by atoms with Crippen molar-refractivity contribution in [2.24, 2.45) is 0 Å². The molecule has 2 aromatic rings. The Morgan fingerprint density at radius 1 is 1.53 bits per heavy atom. The summed E-state index contributed by atoms with van der Waals surface area (Å²) in [4.78, 5) is 12.0. The molecule has 1 aromatic carbocycles. The summed E-state index contributed by atoms with van der Waals surface area (Å²) in [5, 5.41) is 12.2. The molecule has 2 N–H and O–H groups in total. The van der Waals surface area contributed by atoms with E-state index >= 15 is 0 Å². The van der Waals surface area contributed by atoms with Crippen LogP contribution in [0.3, 0.4) is 0 Å². The first-order chi connectivity index (χ1) is 9.15. The minimum atomic E-state index is -0.487. The van der Waals surface area contributed by atoms with Crippen LogP contribution in [0.5, 0.6) is 0 Å². The van der Waals surface area contributed by atoms with Gasteiger partial charge in [0.05, 0.1) is 0 Å². The summed E-state index contributed by atoms with van der Waals surface area (Å²) in [6, 6.07) is 5.93. The standard InChI is InChI=1S/C14H16FNO3/c1-2-10(6-7-17)16-14(18)12-8-9-4-3-5-11(15)13(9)19-12/h3-5,8,10,17H,2,6-7H2,1H3,(H,16,18). The van der Waals surface area contributed by atoms with Crippen molar-refractivity contribution in [2.75, 3.05) is 6.61 Å². The van der Waals surface area contributed by atoms with Gasteiger partial charge in [0.15, 0.2) is 17.2 Å². The zero-order chi connectivity index (χ0) is 13.8. The number of rotatable bonds is 5. The second-order valence-electron chi connectivity index (χ2n) is 4.36. The molecule has 4 nitrogen and oxygen atoms in total. The zero-order valence-electron chi connectivity index (χ0n) is 10.6. The number of amides is 1. The maximum Gasteiger partial charge on any atom is 0.287 e. The van der Waals surface area contributed by atoms with Crippen LogP contribution < -0.4 is 5.32 Å². The number of hydrogen-bond donors (Lipinski definition) is 2. The Morgan fingerprint density at radius 2 is 2.32 bits per heavy atom. The molecule has 0 aliphatic rings. The molecule has 1 unspecified atom stereocenters. The van der Waals surface area contributed by atoms with Crippen molar-refractivity contribution in [1.29, 1.82) is 0 Å². The predicted molar refractivity (Wildman–Crippen MR) is 69.4 cm³/mol. The summed E-state index contributed by atoms with van der Waals surface area (Å²) in [7, 11) is 0. The number of hydrogen-bond acceptors (Lipinski definition) is 3. The van der Waals surface area contributed by atoms with E-state index in [2.05, 4.69) is 5.32 Å². The molecule has 1 amide bonds. The monoisotopic (exact) mass is 265 g/mol. The summed E-state index contributed by atoms with van der Waals surface area (Å²) >= 11 is 0. The molecule has 102 valence electrons. The summed E-state index contributed by atoms with van der Waals surface area (Å²) in [5.41, 5.74) is 0.0860. The number of furan rings is 1. The first-order valence-electron chi connectivity index (χ1n) is 6.25. The largest absolute Gasteiger partial charge is 0.448 e. The minimum Gasteiger partial charge on any atom is -0.448 e. The van der Waals surface area contributed by atoms with Crippen LogP contribution in [0, 0.1) is 5.82 Å². The average Bonchev–Trinajstić information content (AvgIpc) is 2.83. The van der Waals surface area contributed by atoms with Crippen LogP contribution in [0.25, 0.3) is 11.0 Å². The Balaban J connectivity index is 2.19. The zero-order valence-corrected chi connectivity index (χ0v) is 10.6. The van der Waals surface area contributed by atoms with Crippen LogP contribution in [0.15, 0.2) is 28.7 Å². The van der Waals surface area contributed by atoms with Crippen LogP contribution in [-0.2, 0) is 0 Å². The van der Waals surface area contributed by atoms with E-state index in [4.69, 9.17) is 9.52 Å². The van der Waals surface area contributed by atoms with Gasteiger partial charge < -0.3 is 14.8 Å². The van der Waals surface area contributed by atoms with Crippen LogP contribution in [0.4, 0.5) is 4.39 Å². The van der Waals surface area contributed by atoms with Gasteiger partial charge in [0, 0.05) is 18.0 Å². The highest BCUT2D eigenvalue weighted by Gasteiger charge is 2.17. The maximum atomic E-state index is 13.5. The Morgan fingerprint density at radius 3 is 2.95 bits per heavy atom. The quantitative estimate of drug-likeness (QED) is 0.873. The molecule has 1 heterocycles. The van der Waals surface area contributed by atoms with E-state index in [0.29, 0.717) is 18.2 Å². The first-order valence-corrected chi connectivity index (χ1v) is 6.25. The molecule has 0 fully saturated rings. The minimum absolute atomic E-state index is 0.00749. The molecule has 1 aromatic heterocycles. The molecule has 2 rings (SSSR count). The van der Waals surface area contributed by atoms with Gasteiger partial charge in [-0.25, -0.2) is 4.39 Å². The number of halogens is 1. The molecule has 1 atom stereocenters. The molecule has 0 saturated carbocycles. The summed E-state index contributed by atoms with van der Waals surface area (Å²) in [6.45, 7) is 1.92. The molecule has 5 heteroatoms. The van der Waals surface area contributed by atoms with Crippen molar-refractivity contribution in [3.8, 4) is 0 Å². The predicted octanol–water partition coefficient (Wildman–Crippen LogP) is 2.46. The lowest BCUT2D eigenvalue weighted by Gasteiger charge is -2.14. The van der Waals surface area contributed by atoms with Crippen LogP contribution in [0.1, 0.15) is 30.3 Å². The second kappa shape index (κ2) is 5.84. The number of aliphatic hydroxyl groups excluding tert-OH is 1. The van der Waals surface area contributed by atoms with Crippen molar-refractivity contribution in [3.05, 3.63) is 35.8 Å². The second-order valence-corrected chi connectivity index (χ2v) is 4.36. The third-order valence-corrected chi connectivity index (χ3v) is 3.03. The number of para-hydroxylation sites is 1. The lowest BCUT2D eigenvalue weighted by Crippen LogP contribution is -2.34. The third kappa shape index (κ3) is 2.93. The highest BCUT2D eigenvalue weighted by Crippen LogP contribution is 2.22. The van der Waals surface area contributed by atoms with Gasteiger partial charge in [0.2, 0.25) is 0 Å². The van der Waals surface area contributed by atoms with E-state index in [1.54, 1.807) is 12.1 Å². The topological polar surface area (TPSA) is 62.5 Å². The Bertz CT molecular complexity index is 579. The van der Waals surface area contributed by atoms with E-state index in [1.165, 1.54) is 12.1 Å². The first kappa shape index (κ1) is 13.5. The average molecular weight is 265 g/mol. The number of nitrogens with one attached hydrogen (secondary N) is 1. The number of carbonyl (C=O) groups excluding carboxylic acids is 1. The van der Waals surface area contributed by atoms with Crippen LogP contribution in [0.2, 0.25) is 0 Å². The van der Waals surface area contributed by atoms with Crippen LogP contribution in [-0.4, -0.2) is 23.7 Å². The molecule has 0 spiro atoms. The summed E-state index contributed by atoms with van der Waals surface area (Å²) < 4.78 is 18.7. The van der Waals surface area contributed by atoms with E-state index in [9.17, 15) is 9.18 Å². The highest BCUT2D eigenvalue weighted by molar-refractivity contribution is 5.96. The number of fused-ring (bicyclic) bond motifs is 1. The fourth-order valence-corrected chi connectivity index (χ4v) is 1.93. The number of carbonyl (C=O) groups is 1. The van der Waals surface area contributed by atoms with E-state index in [0.717, 1.165) is 0 Å². The molecular weight excluding hydrogens is 249 g/mol. The van der Waals surface area contributed by atoms with E-state index < -0.39 is 11.7 Å². The van der Waals surface area contributed by atoms with Crippen molar-refractivity contribution < 1.29 is 18.7 Å². The Labute approximate surface area is 110 Å². The molecule has 0 aliphatic heterocycles. The third-order valence-electron chi connectivity index (χ3n) is 3.03. The Hall–Kier alpha value is -1.88. The van der Waals surface area contributed by atoms with Gasteiger partial charge >= 0.3 is 0 Å². The van der Waals surface area contributed by atoms with Gasteiger partial charge in [-0.2, -0.15) is 0 Å². The van der Waals surface area contributed by atoms with Crippen LogP contribution >= 0.6 is 0 Å². The lowest BCUT2D eigenvalue weighted by atomic mass is 10.1. The summed E-state index contributed by atoms with van der Waals surface area (Å²) in [5.74, 6) is -0.800. The fourth-order valence-electron chi connectivity index (χ4n) is 1.93. The highest BCUT2D eigenvalue weighted by atomic mass is 19.1. The van der Waals surface area contributed by atoms with Crippen molar-refractivity contribution >= 4 is 16.9 Å². The normalized spacial score (nSPS) is 12.6.